The van der Waals surface area contributed by atoms with Crippen molar-refractivity contribution in [2.24, 2.45) is 0 Å². The maximum absolute atomic E-state index is 13.3. The van der Waals surface area contributed by atoms with E-state index in [2.05, 4.69) is 5.32 Å². The average molecular weight is 611 g/mol. The zero-order valence-electron chi connectivity index (χ0n) is 22.3. The smallest absolute Gasteiger partial charge is 0.350 e. The van der Waals surface area contributed by atoms with Crippen LogP contribution >= 0.6 is 23.2 Å². The van der Waals surface area contributed by atoms with Gasteiger partial charge in [0.25, 0.3) is 0 Å². The Morgan fingerprint density at radius 2 is 1.67 bits per heavy atom. The molecule has 13 heteroatoms. The minimum absolute atomic E-state index is 0.00632. The molecular weight excluding hydrogens is 578 g/mol. The van der Waals surface area contributed by atoms with Crippen LogP contribution in [0.1, 0.15) is 51.7 Å². The van der Waals surface area contributed by atoms with E-state index < -0.39 is 45.2 Å². The lowest BCUT2D eigenvalue weighted by molar-refractivity contribution is -0.141. The van der Waals surface area contributed by atoms with Crippen molar-refractivity contribution in [1.29, 1.82) is 0 Å². The third kappa shape index (κ3) is 9.88. The third-order valence-electron chi connectivity index (χ3n) is 5.62. The van der Waals surface area contributed by atoms with Crippen molar-refractivity contribution in [2.45, 2.75) is 64.8 Å². The van der Waals surface area contributed by atoms with Crippen LogP contribution in [-0.4, -0.2) is 49.5 Å². The molecule has 0 bridgehead atoms. The normalized spacial score (nSPS) is 13.1. The first-order valence-electron chi connectivity index (χ1n) is 12.0. The van der Waals surface area contributed by atoms with Gasteiger partial charge in [0.05, 0.1) is 27.6 Å². The molecule has 0 radical (unpaired) electrons. The number of hydrogen-bond acceptors (Lipinski definition) is 4. The van der Waals surface area contributed by atoms with Gasteiger partial charge in [0.1, 0.15) is 6.04 Å². The van der Waals surface area contributed by atoms with E-state index in [0.29, 0.717) is 10.6 Å². The number of anilines is 1. The van der Waals surface area contributed by atoms with E-state index in [4.69, 9.17) is 23.2 Å². The number of benzene rings is 2. The van der Waals surface area contributed by atoms with Gasteiger partial charge in [-0.3, -0.25) is 13.9 Å². The van der Waals surface area contributed by atoms with Gasteiger partial charge in [-0.05, 0) is 70.0 Å². The van der Waals surface area contributed by atoms with E-state index in [0.717, 1.165) is 28.8 Å². The van der Waals surface area contributed by atoms with Crippen molar-refractivity contribution in [1.82, 2.24) is 10.2 Å². The van der Waals surface area contributed by atoms with Gasteiger partial charge in [-0.2, -0.15) is 13.2 Å². The van der Waals surface area contributed by atoms with Gasteiger partial charge in [0, 0.05) is 25.0 Å². The molecule has 1 unspecified atom stereocenters. The van der Waals surface area contributed by atoms with Crippen molar-refractivity contribution >= 4 is 50.7 Å². The van der Waals surface area contributed by atoms with Crippen LogP contribution in [0.15, 0.2) is 42.5 Å². The Morgan fingerprint density at radius 3 is 2.21 bits per heavy atom. The number of amides is 2. The highest BCUT2D eigenvalue weighted by atomic mass is 35.5. The van der Waals surface area contributed by atoms with E-state index in [9.17, 15) is 31.2 Å². The highest BCUT2D eigenvalue weighted by Crippen LogP contribution is 2.32. The number of hydrogen-bond donors (Lipinski definition) is 1. The maximum Gasteiger partial charge on any atom is 0.416 e. The summed E-state index contributed by atoms with van der Waals surface area (Å²) >= 11 is 12.1. The molecule has 2 rings (SSSR count). The molecule has 0 aromatic heterocycles. The second-order valence-electron chi connectivity index (χ2n) is 10.2. The van der Waals surface area contributed by atoms with Gasteiger partial charge >= 0.3 is 6.18 Å². The number of carbonyl (C=O) groups is 2. The highest BCUT2D eigenvalue weighted by molar-refractivity contribution is 7.92. The summed E-state index contributed by atoms with van der Waals surface area (Å²) in [5, 5.41) is 3.44. The summed E-state index contributed by atoms with van der Waals surface area (Å²) in [6, 6.07) is 7.90. The summed E-state index contributed by atoms with van der Waals surface area (Å²) in [5.41, 5.74) is -1.08. The number of nitrogens with one attached hydrogen (secondary N) is 1. The van der Waals surface area contributed by atoms with Crippen molar-refractivity contribution < 1.29 is 31.2 Å². The van der Waals surface area contributed by atoms with E-state index in [-0.39, 0.29) is 36.6 Å². The van der Waals surface area contributed by atoms with Gasteiger partial charge in [-0.25, -0.2) is 8.42 Å². The molecule has 0 heterocycles. The van der Waals surface area contributed by atoms with Crippen molar-refractivity contribution in [3.8, 4) is 0 Å². The van der Waals surface area contributed by atoms with Crippen molar-refractivity contribution in [3.05, 3.63) is 63.6 Å². The Balaban J connectivity index is 2.26. The molecule has 1 N–H and O–H groups in total. The Labute approximate surface area is 237 Å². The lowest BCUT2D eigenvalue weighted by atomic mass is 10.1. The van der Waals surface area contributed by atoms with Crippen LogP contribution < -0.4 is 9.62 Å². The average Bonchev–Trinajstić information content (AvgIpc) is 2.79. The minimum Gasteiger partial charge on any atom is -0.350 e. The van der Waals surface area contributed by atoms with Crippen LogP contribution in [0.4, 0.5) is 18.9 Å². The van der Waals surface area contributed by atoms with E-state index in [1.54, 1.807) is 45.9 Å². The van der Waals surface area contributed by atoms with Crippen LogP contribution in [0.25, 0.3) is 0 Å². The first-order chi connectivity index (χ1) is 17.8. The van der Waals surface area contributed by atoms with Gasteiger partial charge in [0.15, 0.2) is 0 Å². The fourth-order valence-corrected chi connectivity index (χ4v) is 5.01. The highest BCUT2D eigenvalue weighted by Gasteiger charge is 2.32. The number of sulfonamides is 1. The quantitative estimate of drug-likeness (QED) is 0.364. The number of halogens is 5. The van der Waals surface area contributed by atoms with Gasteiger partial charge in [-0.1, -0.05) is 35.3 Å². The number of alkyl halides is 3. The molecule has 0 saturated carbocycles. The Kier molecular flexibility index (Phi) is 10.7. The number of carbonyl (C=O) groups excluding carboxylic acids is 2. The van der Waals surface area contributed by atoms with Crippen LogP contribution in [-0.2, 0) is 32.3 Å². The van der Waals surface area contributed by atoms with E-state index in [1.165, 1.54) is 11.0 Å². The molecule has 0 aliphatic rings. The zero-order valence-corrected chi connectivity index (χ0v) is 24.6. The second-order valence-corrected chi connectivity index (χ2v) is 12.9. The fraction of sp³-hybridized carbons (Fsp3) is 0.462. The van der Waals surface area contributed by atoms with Gasteiger partial charge in [0.2, 0.25) is 21.8 Å². The molecule has 0 aliphatic heterocycles. The SMILES string of the molecule is CC(C(=O)NC(C)(C)C)N(Cc1ccc(Cl)c(Cl)c1)C(=O)CCCN(c1cccc(C(F)(F)F)c1)S(C)(=O)=O. The molecule has 0 aliphatic carbocycles. The minimum atomic E-state index is -4.65. The molecule has 216 valence electrons. The zero-order chi connectivity index (χ0) is 29.8. The largest absolute Gasteiger partial charge is 0.416 e. The Morgan fingerprint density at radius 1 is 1.03 bits per heavy atom. The Hall–Kier alpha value is -2.50. The van der Waals surface area contributed by atoms with Crippen LogP contribution in [0.3, 0.4) is 0 Å². The molecule has 7 nitrogen and oxygen atoms in total. The fourth-order valence-electron chi connectivity index (χ4n) is 3.73. The summed E-state index contributed by atoms with van der Waals surface area (Å²) in [4.78, 5) is 27.6. The summed E-state index contributed by atoms with van der Waals surface area (Å²) in [6.45, 7) is 6.76. The number of rotatable bonds is 10. The Bertz CT molecular complexity index is 1300. The van der Waals surface area contributed by atoms with Crippen LogP contribution in [0, 0.1) is 0 Å². The standard InChI is InChI=1S/C26H32Cl2F3N3O4S/c1-17(24(36)32-25(2,3)4)33(16-18-11-12-21(27)22(28)14-18)23(35)10-7-13-34(39(5,37)38)20-9-6-8-19(15-20)26(29,30)31/h6,8-9,11-12,14-15,17H,7,10,13,16H2,1-5H3,(H,32,36). The molecule has 2 aromatic rings. The van der Waals surface area contributed by atoms with Crippen molar-refractivity contribution in [2.75, 3.05) is 17.1 Å². The van der Waals surface area contributed by atoms with E-state index in [1.807, 2.05) is 0 Å². The maximum atomic E-state index is 13.3. The lowest BCUT2D eigenvalue weighted by Gasteiger charge is -2.32. The molecule has 2 aromatic carbocycles. The molecule has 0 fully saturated rings. The molecule has 1 atom stereocenters. The monoisotopic (exact) mass is 609 g/mol. The first-order valence-corrected chi connectivity index (χ1v) is 14.6. The summed E-state index contributed by atoms with van der Waals surface area (Å²) in [5.74, 6) is -0.840. The topological polar surface area (TPSA) is 86.8 Å². The molecule has 39 heavy (non-hydrogen) atoms. The number of nitrogens with zero attached hydrogens (tertiary/aromatic N) is 2. The summed E-state index contributed by atoms with van der Waals surface area (Å²) in [6.07, 6.45) is -3.94. The van der Waals surface area contributed by atoms with Crippen LogP contribution in [0.2, 0.25) is 10.0 Å². The first kappa shape index (κ1) is 32.7. The van der Waals surface area contributed by atoms with E-state index >= 15 is 0 Å². The van der Waals surface area contributed by atoms with Crippen molar-refractivity contribution in [3.63, 3.8) is 0 Å². The lowest BCUT2D eigenvalue weighted by Crippen LogP contribution is -2.52. The predicted molar refractivity (Wildman–Crippen MR) is 147 cm³/mol. The summed E-state index contributed by atoms with van der Waals surface area (Å²) < 4.78 is 65.2. The molecule has 0 saturated heterocycles. The third-order valence-corrected chi connectivity index (χ3v) is 7.55. The predicted octanol–water partition coefficient (Wildman–Crippen LogP) is 5.89. The van der Waals surface area contributed by atoms with Gasteiger partial charge < -0.3 is 10.2 Å². The summed E-state index contributed by atoms with van der Waals surface area (Å²) in [7, 11) is -3.96. The molecule has 0 spiro atoms. The molecule has 2 amide bonds. The van der Waals surface area contributed by atoms with Crippen LogP contribution in [0.5, 0.6) is 0 Å². The molecular formula is C26H32Cl2F3N3O4S. The second kappa shape index (κ2) is 12.8. The van der Waals surface area contributed by atoms with Gasteiger partial charge in [-0.15, -0.1) is 0 Å².